The Bertz CT molecular complexity index is 1130. The molecule has 1 spiro atoms. The number of hydrogen-bond donors (Lipinski definition) is 0. The van der Waals surface area contributed by atoms with Crippen LogP contribution in [0.3, 0.4) is 0 Å². The van der Waals surface area contributed by atoms with Crippen LogP contribution in [0.5, 0.6) is 5.75 Å². The molecule has 0 unspecified atom stereocenters. The molecule has 166 valence electrons. The van der Waals surface area contributed by atoms with Crippen molar-refractivity contribution in [3.8, 4) is 5.75 Å². The smallest absolute Gasteiger partial charge is 0.279 e. The Morgan fingerprint density at radius 2 is 1.62 bits per heavy atom. The van der Waals surface area contributed by atoms with E-state index >= 15 is 0 Å². The third kappa shape index (κ3) is 3.68. The number of benzene rings is 2. The van der Waals surface area contributed by atoms with Gasteiger partial charge in [-0.1, -0.05) is 11.6 Å². The van der Waals surface area contributed by atoms with Gasteiger partial charge in [-0.15, -0.1) is 0 Å². The van der Waals surface area contributed by atoms with E-state index in [4.69, 9.17) is 4.74 Å². The monoisotopic (exact) mass is 439 g/mol. The Kier molecular flexibility index (Phi) is 5.15. The van der Waals surface area contributed by atoms with E-state index < -0.39 is 32.7 Å². The molecule has 0 bridgehead atoms. The number of amides is 1. The Morgan fingerprint density at radius 3 is 2.19 bits per heavy atom. The lowest BCUT2D eigenvalue weighted by atomic mass is 9.82. The molecule has 4 rings (SSSR count). The number of aryl methyl sites for hydroxylation is 1. The third-order valence-electron chi connectivity index (χ3n) is 6.20. The first-order valence-corrected chi connectivity index (χ1v) is 10.2. The average molecular weight is 439 g/mol. The predicted octanol–water partition coefficient (Wildman–Crippen LogP) is 3.76. The van der Waals surface area contributed by atoms with Gasteiger partial charge in [-0.25, -0.2) is 0 Å². The summed E-state index contributed by atoms with van der Waals surface area (Å²) in [5, 5.41) is 22.6. The van der Waals surface area contributed by atoms with Gasteiger partial charge in [-0.05, 0) is 26.0 Å². The molecular formula is C22H21N3O7. The number of nitro groups is 2. The van der Waals surface area contributed by atoms with Gasteiger partial charge < -0.3 is 9.64 Å². The van der Waals surface area contributed by atoms with Crippen molar-refractivity contribution in [2.75, 3.05) is 13.1 Å². The molecule has 1 amide bonds. The van der Waals surface area contributed by atoms with Crippen molar-refractivity contribution in [3.63, 3.8) is 0 Å². The summed E-state index contributed by atoms with van der Waals surface area (Å²) in [6, 6.07) is 7.62. The molecule has 0 aliphatic carbocycles. The number of carbonyl (C=O) groups excluding carboxylic acids is 2. The number of fused-ring (bicyclic) bond motifs is 1. The summed E-state index contributed by atoms with van der Waals surface area (Å²) >= 11 is 0. The number of likely N-dealkylation sites (tertiary alicyclic amines) is 1. The third-order valence-corrected chi connectivity index (χ3v) is 6.20. The molecule has 10 nitrogen and oxygen atoms in total. The summed E-state index contributed by atoms with van der Waals surface area (Å²) in [5.74, 6) is 0.0140. The first-order chi connectivity index (χ1) is 15.1. The summed E-state index contributed by atoms with van der Waals surface area (Å²) in [7, 11) is 0. The van der Waals surface area contributed by atoms with Crippen LogP contribution in [0.1, 0.15) is 51.1 Å². The number of ether oxygens (including phenoxy) is 1. The van der Waals surface area contributed by atoms with E-state index in [-0.39, 0.29) is 36.4 Å². The van der Waals surface area contributed by atoms with Crippen LogP contribution in [-0.2, 0) is 0 Å². The van der Waals surface area contributed by atoms with Crippen molar-refractivity contribution in [2.24, 2.45) is 0 Å². The fourth-order valence-electron chi connectivity index (χ4n) is 4.37. The summed E-state index contributed by atoms with van der Waals surface area (Å²) in [4.78, 5) is 48.3. The Balaban J connectivity index is 1.55. The van der Waals surface area contributed by atoms with Crippen molar-refractivity contribution in [2.45, 2.75) is 38.7 Å². The molecule has 0 radical (unpaired) electrons. The molecule has 2 aromatic rings. The van der Waals surface area contributed by atoms with Gasteiger partial charge in [0, 0.05) is 38.1 Å². The van der Waals surface area contributed by atoms with E-state index in [1.165, 1.54) is 11.8 Å². The maximum absolute atomic E-state index is 13.0. The van der Waals surface area contributed by atoms with Crippen molar-refractivity contribution < 1.29 is 24.2 Å². The minimum Gasteiger partial charge on any atom is -0.486 e. The van der Waals surface area contributed by atoms with Crippen molar-refractivity contribution in [3.05, 3.63) is 72.8 Å². The maximum Gasteiger partial charge on any atom is 0.279 e. The van der Waals surface area contributed by atoms with Crippen LogP contribution >= 0.6 is 0 Å². The first kappa shape index (κ1) is 21.4. The second-order valence-corrected chi connectivity index (χ2v) is 8.33. The number of carbonyl (C=O) groups is 2. The Morgan fingerprint density at radius 1 is 1.03 bits per heavy atom. The van der Waals surface area contributed by atoms with E-state index in [1.807, 2.05) is 13.0 Å². The first-order valence-electron chi connectivity index (χ1n) is 10.2. The molecule has 1 fully saturated rings. The lowest BCUT2D eigenvalue weighted by molar-refractivity contribution is -0.395. The molecule has 0 N–H and O–H groups in total. The summed E-state index contributed by atoms with van der Waals surface area (Å²) in [6.45, 7) is 3.72. The topological polar surface area (TPSA) is 133 Å². The van der Waals surface area contributed by atoms with Crippen molar-refractivity contribution in [1.29, 1.82) is 0 Å². The van der Waals surface area contributed by atoms with Gasteiger partial charge >= 0.3 is 0 Å². The highest BCUT2D eigenvalue weighted by Crippen LogP contribution is 2.40. The van der Waals surface area contributed by atoms with E-state index in [2.05, 4.69) is 0 Å². The van der Waals surface area contributed by atoms with Gasteiger partial charge in [0.25, 0.3) is 17.3 Å². The van der Waals surface area contributed by atoms with Crippen LogP contribution in [0.2, 0.25) is 0 Å². The van der Waals surface area contributed by atoms with Crippen LogP contribution < -0.4 is 4.74 Å². The number of nitrogens with zero attached hydrogens (tertiary/aromatic N) is 3. The van der Waals surface area contributed by atoms with E-state index in [1.54, 1.807) is 12.1 Å². The number of hydrogen-bond acceptors (Lipinski definition) is 7. The van der Waals surface area contributed by atoms with Crippen LogP contribution in [0.25, 0.3) is 0 Å². The zero-order chi connectivity index (χ0) is 23.2. The maximum atomic E-state index is 13.0. The highest BCUT2D eigenvalue weighted by Gasteiger charge is 2.44. The number of rotatable bonds is 3. The largest absolute Gasteiger partial charge is 0.486 e. The van der Waals surface area contributed by atoms with E-state index in [9.17, 15) is 29.8 Å². The van der Waals surface area contributed by atoms with Crippen molar-refractivity contribution >= 4 is 23.1 Å². The van der Waals surface area contributed by atoms with Crippen LogP contribution in [0, 0.1) is 34.1 Å². The van der Waals surface area contributed by atoms with Gasteiger partial charge in [-0.2, -0.15) is 0 Å². The lowest BCUT2D eigenvalue weighted by Crippen LogP contribution is -2.52. The number of nitro benzene ring substituents is 2. The van der Waals surface area contributed by atoms with Crippen LogP contribution in [0.4, 0.5) is 11.4 Å². The molecule has 2 heterocycles. The minimum atomic E-state index is -0.731. The van der Waals surface area contributed by atoms with Gasteiger partial charge in [0.1, 0.15) is 16.9 Å². The zero-order valence-corrected chi connectivity index (χ0v) is 17.6. The Labute approximate surface area is 183 Å². The van der Waals surface area contributed by atoms with Gasteiger partial charge in [0.2, 0.25) is 0 Å². The van der Waals surface area contributed by atoms with Crippen LogP contribution in [0.15, 0.2) is 30.3 Å². The van der Waals surface area contributed by atoms with Crippen LogP contribution in [-0.4, -0.2) is 45.1 Å². The van der Waals surface area contributed by atoms with Gasteiger partial charge in [0.15, 0.2) is 5.78 Å². The van der Waals surface area contributed by atoms with E-state index in [0.29, 0.717) is 24.2 Å². The fourth-order valence-corrected chi connectivity index (χ4v) is 4.37. The molecule has 2 aliphatic rings. The summed E-state index contributed by atoms with van der Waals surface area (Å²) < 4.78 is 6.20. The molecule has 1 saturated heterocycles. The normalized spacial score (nSPS) is 16.9. The van der Waals surface area contributed by atoms with Gasteiger partial charge in [0.05, 0.1) is 27.4 Å². The Hall–Kier alpha value is -3.82. The quantitative estimate of drug-likeness (QED) is 0.525. The standard InChI is InChI=1S/C22H21N3O7/c1-13-3-4-20-16(9-13)19(26)12-22(32-20)5-7-23(8-6-22)21(27)15-10-17(24(28)29)14(2)18(11-15)25(30)31/h3-4,9-11H,5-8,12H2,1-2H3. The molecule has 10 heteroatoms. The molecule has 0 aromatic heterocycles. The highest BCUT2D eigenvalue weighted by atomic mass is 16.6. The van der Waals surface area contributed by atoms with Gasteiger partial charge in [-0.3, -0.25) is 29.8 Å². The SMILES string of the molecule is Cc1ccc2c(c1)C(=O)CC1(CCN(C(=O)c3cc([N+](=O)[O-])c(C)c([N+](=O)[O-])c3)CC1)O2. The average Bonchev–Trinajstić information content (AvgIpc) is 2.74. The van der Waals surface area contributed by atoms with E-state index in [0.717, 1.165) is 17.7 Å². The molecule has 32 heavy (non-hydrogen) atoms. The number of Topliss-reactive ketones (excluding diaryl/α,β-unsaturated/α-hetero) is 1. The summed E-state index contributed by atoms with van der Waals surface area (Å²) in [5.41, 5.74) is -0.315. The second kappa shape index (κ2) is 7.70. The predicted molar refractivity (Wildman–Crippen MR) is 113 cm³/mol. The molecular weight excluding hydrogens is 418 g/mol. The second-order valence-electron chi connectivity index (χ2n) is 8.33. The number of piperidine rings is 1. The fraction of sp³-hybridized carbons (Fsp3) is 0.364. The number of ketones is 1. The molecule has 0 atom stereocenters. The molecule has 2 aromatic carbocycles. The lowest BCUT2D eigenvalue weighted by Gasteiger charge is -2.44. The highest BCUT2D eigenvalue weighted by molar-refractivity contribution is 6.00. The zero-order valence-electron chi connectivity index (χ0n) is 17.6. The summed E-state index contributed by atoms with van der Waals surface area (Å²) in [6.07, 6.45) is 1.04. The van der Waals surface area contributed by atoms with Crippen molar-refractivity contribution in [1.82, 2.24) is 4.90 Å². The molecule has 0 saturated carbocycles. The minimum absolute atomic E-state index is 0.000453. The molecule has 2 aliphatic heterocycles.